The molecule has 1 aromatic carbocycles. The maximum atomic E-state index is 12.7. The van der Waals surface area contributed by atoms with Crippen molar-refractivity contribution in [3.05, 3.63) is 29.8 Å². The summed E-state index contributed by atoms with van der Waals surface area (Å²) in [5.74, 6) is -0.748. The third kappa shape index (κ3) is 2.61. The van der Waals surface area contributed by atoms with Gasteiger partial charge in [-0.25, -0.2) is 0 Å². The first-order valence-corrected chi connectivity index (χ1v) is 8.04. The molecular weight excluding hydrogens is 278 g/mol. The number of carbonyl (C=O) groups is 2. The molecule has 1 atom stereocenters. The lowest BCUT2D eigenvalue weighted by molar-refractivity contribution is -0.145. The van der Waals surface area contributed by atoms with Gasteiger partial charge in [0.2, 0.25) is 0 Å². The van der Waals surface area contributed by atoms with Crippen molar-refractivity contribution < 1.29 is 9.59 Å². The number of rotatable bonds is 1. The molecule has 2 aliphatic heterocycles. The lowest BCUT2D eigenvalue weighted by Gasteiger charge is -2.34. The highest BCUT2D eigenvalue weighted by Crippen LogP contribution is 2.32. The Morgan fingerprint density at radius 2 is 1.77 bits per heavy atom. The molecule has 118 valence electrons. The molecule has 0 radical (unpaired) electrons. The minimum Gasteiger partial charge on any atom is -0.332 e. The van der Waals surface area contributed by atoms with Crippen molar-refractivity contribution in [1.82, 2.24) is 9.80 Å². The van der Waals surface area contributed by atoms with Crippen LogP contribution in [0.15, 0.2) is 24.3 Å². The number of hydrogen-bond donors (Lipinski definition) is 0. The van der Waals surface area contributed by atoms with Crippen molar-refractivity contribution in [3.8, 4) is 0 Å². The van der Waals surface area contributed by atoms with E-state index in [0.717, 1.165) is 37.3 Å². The second kappa shape index (κ2) is 6.08. The number of fused-ring (bicyclic) bond motifs is 1. The lowest BCUT2D eigenvalue weighted by Crippen LogP contribution is -2.54. The Hall–Kier alpha value is -1.88. The van der Waals surface area contributed by atoms with Gasteiger partial charge < -0.3 is 14.7 Å². The van der Waals surface area contributed by atoms with Crippen molar-refractivity contribution in [3.63, 3.8) is 0 Å². The zero-order valence-corrected chi connectivity index (χ0v) is 13.3. The largest absolute Gasteiger partial charge is 0.332 e. The molecule has 1 saturated heterocycles. The van der Waals surface area contributed by atoms with Crippen LogP contribution in [0.25, 0.3) is 0 Å². The summed E-state index contributed by atoms with van der Waals surface area (Å²) in [7, 11) is 0. The van der Waals surface area contributed by atoms with Gasteiger partial charge in [0.25, 0.3) is 0 Å². The number of anilines is 1. The Morgan fingerprint density at radius 3 is 2.45 bits per heavy atom. The second-order valence-electron chi connectivity index (χ2n) is 6.08. The van der Waals surface area contributed by atoms with Crippen LogP contribution in [0.5, 0.6) is 0 Å². The SMILES string of the molecule is CCN1CCN(C(=O)C(=O)N2c3ccccc3CC2C)CC1. The minimum atomic E-state index is -0.387. The predicted octanol–water partition coefficient (Wildman–Crippen LogP) is 1.13. The van der Waals surface area contributed by atoms with Crippen LogP contribution in [-0.2, 0) is 16.0 Å². The van der Waals surface area contributed by atoms with Gasteiger partial charge in [-0.15, -0.1) is 0 Å². The molecule has 2 amide bonds. The molecule has 2 aliphatic rings. The van der Waals surface area contributed by atoms with E-state index in [1.165, 1.54) is 0 Å². The minimum absolute atomic E-state index is 0.0470. The van der Waals surface area contributed by atoms with E-state index in [0.29, 0.717) is 13.1 Å². The first-order valence-electron chi connectivity index (χ1n) is 8.04. The smallest absolute Gasteiger partial charge is 0.316 e. The normalized spacial score (nSPS) is 21.8. The number of amides is 2. The molecule has 1 fully saturated rings. The highest BCUT2D eigenvalue weighted by atomic mass is 16.2. The Labute approximate surface area is 131 Å². The first-order chi connectivity index (χ1) is 10.6. The highest BCUT2D eigenvalue weighted by molar-refractivity contribution is 6.40. The number of nitrogens with zero attached hydrogens (tertiary/aromatic N) is 3. The van der Waals surface area contributed by atoms with Crippen LogP contribution in [0.3, 0.4) is 0 Å². The number of para-hydroxylation sites is 1. The molecule has 0 N–H and O–H groups in total. The average Bonchev–Trinajstić information content (AvgIpc) is 2.89. The Balaban J connectivity index is 1.73. The van der Waals surface area contributed by atoms with Crippen LogP contribution in [0, 0.1) is 0 Å². The van der Waals surface area contributed by atoms with E-state index in [2.05, 4.69) is 11.8 Å². The van der Waals surface area contributed by atoms with Gasteiger partial charge in [-0.2, -0.15) is 0 Å². The van der Waals surface area contributed by atoms with E-state index in [4.69, 9.17) is 0 Å². The summed E-state index contributed by atoms with van der Waals surface area (Å²) < 4.78 is 0. The Bertz CT molecular complexity index is 579. The number of hydrogen-bond acceptors (Lipinski definition) is 3. The van der Waals surface area contributed by atoms with Gasteiger partial charge in [0.1, 0.15) is 0 Å². The summed E-state index contributed by atoms with van der Waals surface area (Å²) in [5, 5.41) is 0. The van der Waals surface area contributed by atoms with E-state index in [1.54, 1.807) is 9.80 Å². The number of benzene rings is 1. The monoisotopic (exact) mass is 301 g/mol. The summed E-state index contributed by atoms with van der Waals surface area (Å²) >= 11 is 0. The standard InChI is InChI=1S/C17H23N3O2/c1-3-18-8-10-19(11-9-18)16(21)17(22)20-13(2)12-14-6-4-5-7-15(14)20/h4-7,13H,3,8-12H2,1-2H3. The molecule has 5 nitrogen and oxygen atoms in total. The zero-order valence-electron chi connectivity index (χ0n) is 13.3. The summed E-state index contributed by atoms with van der Waals surface area (Å²) in [6, 6.07) is 7.90. The van der Waals surface area contributed by atoms with Gasteiger partial charge in [0.05, 0.1) is 0 Å². The maximum absolute atomic E-state index is 12.7. The third-order valence-electron chi connectivity index (χ3n) is 4.72. The average molecular weight is 301 g/mol. The molecule has 1 aromatic rings. The van der Waals surface area contributed by atoms with Crippen LogP contribution < -0.4 is 4.90 Å². The van der Waals surface area contributed by atoms with Crippen molar-refractivity contribution in [2.24, 2.45) is 0 Å². The van der Waals surface area contributed by atoms with Gasteiger partial charge in [-0.1, -0.05) is 25.1 Å². The molecule has 0 aliphatic carbocycles. The van der Waals surface area contributed by atoms with Gasteiger partial charge in [0.15, 0.2) is 0 Å². The molecule has 5 heteroatoms. The summed E-state index contributed by atoms with van der Waals surface area (Å²) in [6.07, 6.45) is 0.818. The van der Waals surface area contributed by atoms with Crippen LogP contribution >= 0.6 is 0 Å². The molecule has 1 unspecified atom stereocenters. The van der Waals surface area contributed by atoms with E-state index >= 15 is 0 Å². The van der Waals surface area contributed by atoms with Crippen molar-refractivity contribution in [2.75, 3.05) is 37.6 Å². The fraction of sp³-hybridized carbons (Fsp3) is 0.529. The lowest BCUT2D eigenvalue weighted by atomic mass is 10.1. The summed E-state index contributed by atoms with van der Waals surface area (Å²) in [6.45, 7) is 8.09. The van der Waals surface area contributed by atoms with Crippen molar-refractivity contribution in [2.45, 2.75) is 26.3 Å². The number of likely N-dealkylation sites (N-methyl/N-ethyl adjacent to an activating group) is 1. The van der Waals surface area contributed by atoms with E-state index in [9.17, 15) is 9.59 Å². The van der Waals surface area contributed by atoms with Crippen molar-refractivity contribution >= 4 is 17.5 Å². The second-order valence-corrected chi connectivity index (χ2v) is 6.08. The number of piperazine rings is 1. The Morgan fingerprint density at radius 1 is 1.09 bits per heavy atom. The zero-order chi connectivity index (χ0) is 15.7. The van der Waals surface area contributed by atoms with Crippen molar-refractivity contribution in [1.29, 1.82) is 0 Å². The molecule has 0 bridgehead atoms. The highest BCUT2D eigenvalue weighted by Gasteiger charge is 2.36. The summed E-state index contributed by atoms with van der Waals surface area (Å²) in [5.41, 5.74) is 2.03. The molecule has 3 rings (SSSR count). The first kappa shape index (κ1) is 15.0. The third-order valence-corrected chi connectivity index (χ3v) is 4.72. The van der Waals surface area contributed by atoms with E-state index in [-0.39, 0.29) is 17.9 Å². The molecule has 0 saturated carbocycles. The van der Waals surface area contributed by atoms with Gasteiger partial charge in [-0.3, -0.25) is 9.59 Å². The number of carbonyl (C=O) groups excluding carboxylic acids is 2. The van der Waals surface area contributed by atoms with E-state index < -0.39 is 0 Å². The fourth-order valence-electron chi connectivity index (χ4n) is 3.38. The molecule has 2 heterocycles. The molecule has 22 heavy (non-hydrogen) atoms. The fourth-order valence-corrected chi connectivity index (χ4v) is 3.38. The molecule has 0 spiro atoms. The molecule has 0 aromatic heterocycles. The topological polar surface area (TPSA) is 43.9 Å². The van der Waals surface area contributed by atoms with Gasteiger partial charge in [-0.05, 0) is 31.5 Å². The van der Waals surface area contributed by atoms with Gasteiger partial charge >= 0.3 is 11.8 Å². The van der Waals surface area contributed by atoms with E-state index in [1.807, 2.05) is 31.2 Å². The quantitative estimate of drug-likeness (QED) is 0.730. The van der Waals surface area contributed by atoms with Crippen LogP contribution in [0.1, 0.15) is 19.4 Å². The maximum Gasteiger partial charge on any atom is 0.316 e. The van der Waals surface area contributed by atoms with Crippen LogP contribution in [0.2, 0.25) is 0 Å². The predicted molar refractivity (Wildman–Crippen MR) is 85.8 cm³/mol. The van der Waals surface area contributed by atoms with Crippen LogP contribution in [-0.4, -0.2) is 60.4 Å². The van der Waals surface area contributed by atoms with Crippen LogP contribution in [0.4, 0.5) is 5.69 Å². The summed E-state index contributed by atoms with van der Waals surface area (Å²) in [4.78, 5) is 30.9. The molecular formula is C17H23N3O2. The van der Waals surface area contributed by atoms with Gasteiger partial charge in [0, 0.05) is 37.9 Å². The Kier molecular flexibility index (Phi) is 4.16.